The highest BCUT2D eigenvalue weighted by Gasteiger charge is 2.24. The molecule has 1 aromatic heterocycles. The van der Waals surface area contributed by atoms with Crippen LogP contribution in [0.5, 0.6) is 5.75 Å². The minimum atomic E-state index is -0.270. The third-order valence-electron chi connectivity index (χ3n) is 4.33. The molecule has 4 rings (SSSR count). The van der Waals surface area contributed by atoms with E-state index in [9.17, 15) is 4.39 Å². The van der Waals surface area contributed by atoms with Crippen LogP contribution >= 0.6 is 11.8 Å². The fraction of sp³-hybridized carbons (Fsp3) is 0.421. The van der Waals surface area contributed by atoms with Crippen LogP contribution in [0.3, 0.4) is 0 Å². The van der Waals surface area contributed by atoms with Gasteiger partial charge in [0.05, 0.1) is 10.7 Å². The fourth-order valence-corrected chi connectivity index (χ4v) is 3.66. The number of hydrogen-bond donors (Lipinski definition) is 0. The summed E-state index contributed by atoms with van der Waals surface area (Å²) in [6.45, 7) is 0.303. The Balaban J connectivity index is 1.37. The molecule has 2 saturated carbocycles. The molecule has 1 heterocycles. The lowest BCUT2D eigenvalue weighted by atomic mass is 10.1. The minimum absolute atomic E-state index is 0.270. The number of rotatable bonds is 7. The second-order valence-electron chi connectivity index (χ2n) is 6.47. The van der Waals surface area contributed by atoms with E-state index in [2.05, 4.69) is 4.98 Å². The third kappa shape index (κ3) is 4.05. The van der Waals surface area contributed by atoms with Crippen molar-refractivity contribution in [3.05, 3.63) is 53.5 Å². The Kier molecular flexibility index (Phi) is 4.25. The van der Waals surface area contributed by atoms with Gasteiger partial charge in [0.1, 0.15) is 6.61 Å². The molecule has 1 aromatic carbocycles. The predicted octanol–water partition coefficient (Wildman–Crippen LogP) is 5.18. The predicted molar refractivity (Wildman–Crippen MR) is 90.4 cm³/mol. The molecule has 0 amide bonds. The van der Waals surface area contributed by atoms with Gasteiger partial charge < -0.3 is 4.74 Å². The number of thioether (sulfide) groups is 1. The summed E-state index contributed by atoms with van der Waals surface area (Å²) >= 11 is 1.80. The maximum atomic E-state index is 14.1. The average molecular weight is 329 g/mol. The number of benzene rings is 1. The second kappa shape index (κ2) is 6.52. The maximum Gasteiger partial charge on any atom is 0.165 e. The minimum Gasteiger partial charge on any atom is -0.484 e. The molecule has 2 aromatic rings. The Hall–Kier alpha value is -1.55. The van der Waals surface area contributed by atoms with Crippen molar-refractivity contribution in [1.82, 2.24) is 4.98 Å². The molecule has 0 spiro atoms. The van der Waals surface area contributed by atoms with Gasteiger partial charge in [-0.3, -0.25) is 0 Å². The van der Waals surface area contributed by atoms with Crippen LogP contribution in [0.15, 0.2) is 41.4 Å². The van der Waals surface area contributed by atoms with Gasteiger partial charge in [-0.1, -0.05) is 12.1 Å². The molecule has 0 aliphatic heterocycles. The molecule has 0 atom stereocenters. The first-order chi connectivity index (χ1) is 11.3. The van der Waals surface area contributed by atoms with Gasteiger partial charge in [0.15, 0.2) is 11.6 Å². The van der Waals surface area contributed by atoms with E-state index in [1.54, 1.807) is 23.9 Å². The van der Waals surface area contributed by atoms with Crippen LogP contribution in [0.2, 0.25) is 0 Å². The lowest BCUT2D eigenvalue weighted by molar-refractivity contribution is 0.285. The topological polar surface area (TPSA) is 22.1 Å². The molecule has 0 radical (unpaired) electrons. The first-order valence-corrected chi connectivity index (χ1v) is 9.27. The van der Waals surface area contributed by atoms with Crippen LogP contribution in [0.25, 0.3) is 0 Å². The van der Waals surface area contributed by atoms with Crippen molar-refractivity contribution in [2.75, 3.05) is 5.75 Å². The Morgan fingerprint density at radius 1 is 1.13 bits per heavy atom. The van der Waals surface area contributed by atoms with Gasteiger partial charge in [0, 0.05) is 5.75 Å². The molecule has 2 nitrogen and oxygen atoms in total. The van der Waals surface area contributed by atoms with Crippen molar-refractivity contribution in [2.24, 2.45) is 5.92 Å². The van der Waals surface area contributed by atoms with Gasteiger partial charge in [-0.15, -0.1) is 11.8 Å². The summed E-state index contributed by atoms with van der Waals surface area (Å²) in [7, 11) is 0. The Morgan fingerprint density at radius 2 is 2.00 bits per heavy atom. The van der Waals surface area contributed by atoms with Gasteiger partial charge in [0.25, 0.3) is 0 Å². The highest BCUT2D eigenvalue weighted by Crippen LogP contribution is 2.41. The van der Waals surface area contributed by atoms with E-state index in [0.717, 1.165) is 28.0 Å². The van der Waals surface area contributed by atoms with E-state index in [0.29, 0.717) is 18.3 Å². The zero-order valence-electron chi connectivity index (χ0n) is 13.0. The molecule has 0 N–H and O–H groups in total. The largest absolute Gasteiger partial charge is 0.484 e. The van der Waals surface area contributed by atoms with Crippen molar-refractivity contribution in [1.29, 1.82) is 0 Å². The van der Waals surface area contributed by atoms with E-state index in [4.69, 9.17) is 4.74 Å². The molecule has 120 valence electrons. The molecule has 2 aliphatic rings. The van der Waals surface area contributed by atoms with Crippen molar-refractivity contribution >= 4 is 11.8 Å². The highest BCUT2D eigenvalue weighted by molar-refractivity contribution is 7.99. The summed E-state index contributed by atoms with van der Waals surface area (Å²) in [4.78, 5) is 4.59. The van der Waals surface area contributed by atoms with E-state index in [-0.39, 0.29) is 5.82 Å². The molecule has 0 bridgehead atoms. The lowest BCUT2D eigenvalue weighted by Crippen LogP contribution is -2.01. The highest BCUT2D eigenvalue weighted by atomic mass is 32.2. The summed E-state index contributed by atoms with van der Waals surface area (Å²) in [6, 6.07) is 11.3. The van der Waals surface area contributed by atoms with Crippen LogP contribution in [-0.2, 0) is 6.61 Å². The average Bonchev–Trinajstić information content (AvgIpc) is 3.46. The summed E-state index contributed by atoms with van der Waals surface area (Å²) < 4.78 is 19.7. The summed E-state index contributed by atoms with van der Waals surface area (Å²) in [5, 5.41) is 1.03. The number of pyridine rings is 1. The van der Waals surface area contributed by atoms with Crippen LogP contribution in [0, 0.1) is 11.7 Å². The van der Waals surface area contributed by atoms with Gasteiger partial charge in [-0.2, -0.15) is 0 Å². The van der Waals surface area contributed by atoms with Crippen molar-refractivity contribution < 1.29 is 9.13 Å². The Morgan fingerprint density at radius 3 is 2.74 bits per heavy atom. The number of halogens is 1. The Labute approximate surface area is 140 Å². The van der Waals surface area contributed by atoms with Crippen molar-refractivity contribution in [3.8, 4) is 5.75 Å². The Bertz CT molecular complexity index is 698. The quantitative estimate of drug-likeness (QED) is 0.654. The molecule has 4 heteroatoms. The molecular weight excluding hydrogens is 309 g/mol. The van der Waals surface area contributed by atoms with Gasteiger partial charge in [-0.25, -0.2) is 9.37 Å². The smallest absolute Gasteiger partial charge is 0.165 e. The standard InChI is InChI=1S/C19H20FNOS/c20-17-10-15(14-6-7-14)8-9-18(17)22-11-16-2-1-3-19(21-16)23-12-13-4-5-13/h1-3,8-10,13-14H,4-7,11-12H2. The van der Waals surface area contributed by atoms with E-state index < -0.39 is 0 Å². The molecular formula is C19H20FNOS. The van der Waals surface area contributed by atoms with E-state index in [1.165, 1.54) is 25.7 Å². The van der Waals surface area contributed by atoms with Gasteiger partial charge in [0.2, 0.25) is 0 Å². The van der Waals surface area contributed by atoms with Crippen molar-refractivity contribution in [2.45, 2.75) is 43.2 Å². The fourth-order valence-electron chi connectivity index (χ4n) is 2.56. The van der Waals surface area contributed by atoms with Crippen LogP contribution in [0.4, 0.5) is 4.39 Å². The summed E-state index contributed by atoms with van der Waals surface area (Å²) in [5.41, 5.74) is 1.93. The summed E-state index contributed by atoms with van der Waals surface area (Å²) in [5.74, 6) is 2.62. The second-order valence-corrected chi connectivity index (χ2v) is 7.51. The van der Waals surface area contributed by atoms with E-state index in [1.807, 2.05) is 24.3 Å². The first kappa shape index (κ1) is 15.0. The van der Waals surface area contributed by atoms with Gasteiger partial charge in [-0.05, 0) is 67.3 Å². The van der Waals surface area contributed by atoms with Gasteiger partial charge >= 0.3 is 0 Å². The zero-order valence-corrected chi connectivity index (χ0v) is 13.8. The van der Waals surface area contributed by atoms with Crippen molar-refractivity contribution in [3.63, 3.8) is 0 Å². The summed E-state index contributed by atoms with van der Waals surface area (Å²) in [6.07, 6.45) is 5.06. The molecule has 23 heavy (non-hydrogen) atoms. The number of hydrogen-bond acceptors (Lipinski definition) is 3. The monoisotopic (exact) mass is 329 g/mol. The molecule has 2 fully saturated rings. The van der Waals surface area contributed by atoms with Crippen LogP contribution in [0.1, 0.15) is 42.9 Å². The normalized spacial score (nSPS) is 17.3. The molecule has 2 aliphatic carbocycles. The molecule has 0 unspecified atom stereocenters. The number of ether oxygens (including phenoxy) is 1. The van der Waals surface area contributed by atoms with Crippen LogP contribution < -0.4 is 4.74 Å². The maximum absolute atomic E-state index is 14.1. The van der Waals surface area contributed by atoms with Crippen LogP contribution in [-0.4, -0.2) is 10.7 Å². The van der Waals surface area contributed by atoms with E-state index >= 15 is 0 Å². The number of aromatic nitrogens is 1. The first-order valence-electron chi connectivity index (χ1n) is 8.29. The molecule has 0 saturated heterocycles. The lowest BCUT2D eigenvalue weighted by Gasteiger charge is -2.09. The number of nitrogens with zero attached hydrogens (tertiary/aromatic N) is 1. The SMILES string of the molecule is Fc1cc(C2CC2)ccc1OCc1cccc(SCC2CC2)n1. The zero-order chi connectivity index (χ0) is 15.6. The third-order valence-corrected chi connectivity index (χ3v) is 5.49.